The standard InChI is InChI=1S/C10H22N2O4/c13-7-10(8-14,9-15)11-1-2-12-3-5-16-6-4-12/h11,13-15H,1-9H2. The van der Waals surface area contributed by atoms with Crippen LogP contribution in [0.2, 0.25) is 0 Å². The zero-order valence-corrected chi connectivity index (χ0v) is 9.56. The first-order valence-electron chi connectivity index (χ1n) is 5.64. The molecule has 6 nitrogen and oxygen atoms in total. The van der Waals surface area contributed by atoms with Crippen LogP contribution in [0.1, 0.15) is 0 Å². The van der Waals surface area contributed by atoms with Crippen molar-refractivity contribution >= 4 is 0 Å². The summed E-state index contributed by atoms with van der Waals surface area (Å²) in [6.07, 6.45) is 0. The van der Waals surface area contributed by atoms with Crippen molar-refractivity contribution in [1.29, 1.82) is 0 Å². The van der Waals surface area contributed by atoms with E-state index in [1.54, 1.807) is 0 Å². The van der Waals surface area contributed by atoms with Crippen molar-refractivity contribution in [1.82, 2.24) is 10.2 Å². The Labute approximate surface area is 95.8 Å². The van der Waals surface area contributed by atoms with Gasteiger partial charge in [-0.15, -0.1) is 0 Å². The van der Waals surface area contributed by atoms with Gasteiger partial charge in [0, 0.05) is 26.2 Å². The first-order chi connectivity index (χ1) is 7.76. The van der Waals surface area contributed by atoms with Gasteiger partial charge in [0.15, 0.2) is 0 Å². The normalized spacial score (nSPS) is 18.9. The predicted octanol–water partition coefficient (Wildman–Crippen LogP) is -2.38. The van der Waals surface area contributed by atoms with Gasteiger partial charge in [0.1, 0.15) is 0 Å². The molecule has 0 aliphatic carbocycles. The molecule has 1 aliphatic rings. The van der Waals surface area contributed by atoms with Crippen molar-refractivity contribution in [2.45, 2.75) is 5.54 Å². The second-order valence-corrected chi connectivity index (χ2v) is 4.14. The highest BCUT2D eigenvalue weighted by Gasteiger charge is 2.27. The summed E-state index contributed by atoms with van der Waals surface area (Å²) in [5.41, 5.74) is -0.966. The molecule has 0 spiro atoms. The first-order valence-corrected chi connectivity index (χ1v) is 5.64. The summed E-state index contributed by atoms with van der Waals surface area (Å²) in [5.74, 6) is 0. The minimum atomic E-state index is -0.966. The fourth-order valence-electron chi connectivity index (χ4n) is 1.62. The van der Waals surface area contributed by atoms with Crippen molar-refractivity contribution < 1.29 is 20.1 Å². The Morgan fingerprint density at radius 2 is 1.62 bits per heavy atom. The van der Waals surface area contributed by atoms with E-state index in [0.717, 1.165) is 32.8 Å². The van der Waals surface area contributed by atoms with Gasteiger partial charge in [-0.2, -0.15) is 0 Å². The first kappa shape index (κ1) is 13.8. The maximum Gasteiger partial charge on any atom is 0.0882 e. The summed E-state index contributed by atoms with van der Waals surface area (Å²) in [6, 6.07) is 0. The Balaban J connectivity index is 2.21. The molecule has 1 heterocycles. The van der Waals surface area contributed by atoms with Crippen LogP contribution in [-0.2, 0) is 4.74 Å². The minimum Gasteiger partial charge on any atom is -0.394 e. The lowest BCUT2D eigenvalue weighted by molar-refractivity contribution is 0.0250. The van der Waals surface area contributed by atoms with E-state index in [2.05, 4.69) is 10.2 Å². The summed E-state index contributed by atoms with van der Waals surface area (Å²) < 4.78 is 5.23. The lowest BCUT2D eigenvalue weighted by Crippen LogP contribution is -2.56. The summed E-state index contributed by atoms with van der Waals surface area (Å²) in [7, 11) is 0. The molecule has 1 saturated heterocycles. The average Bonchev–Trinajstić information content (AvgIpc) is 2.37. The molecule has 96 valence electrons. The molecular weight excluding hydrogens is 212 g/mol. The van der Waals surface area contributed by atoms with E-state index in [-0.39, 0.29) is 19.8 Å². The second kappa shape index (κ2) is 7.16. The van der Waals surface area contributed by atoms with Crippen molar-refractivity contribution in [3.8, 4) is 0 Å². The van der Waals surface area contributed by atoms with E-state index in [4.69, 9.17) is 20.1 Å². The Kier molecular flexibility index (Phi) is 6.18. The Hall–Kier alpha value is -0.240. The zero-order chi connectivity index (χ0) is 11.9. The third-order valence-corrected chi connectivity index (χ3v) is 2.94. The van der Waals surface area contributed by atoms with Gasteiger partial charge < -0.3 is 25.4 Å². The van der Waals surface area contributed by atoms with E-state index >= 15 is 0 Å². The van der Waals surface area contributed by atoms with E-state index in [9.17, 15) is 0 Å². The highest BCUT2D eigenvalue weighted by Crippen LogP contribution is 2.01. The minimum absolute atomic E-state index is 0.275. The largest absolute Gasteiger partial charge is 0.394 e. The van der Waals surface area contributed by atoms with Crippen LogP contribution < -0.4 is 5.32 Å². The third-order valence-electron chi connectivity index (χ3n) is 2.94. The molecule has 6 heteroatoms. The van der Waals surface area contributed by atoms with Crippen LogP contribution in [0.25, 0.3) is 0 Å². The van der Waals surface area contributed by atoms with Gasteiger partial charge in [0.25, 0.3) is 0 Å². The molecule has 0 bridgehead atoms. The van der Waals surface area contributed by atoms with Crippen LogP contribution in [-0.4, -0.2) is 85.0 Å². The number of rotatable bonds is 7. The van der Waals surface area contributed by atoms with E-state index < -0.39 is 5.54 Å². The van der Waals surface area contributed by atoms with Crippen molar-refractivity contribution in [3.63, 3.8) is 0 Å². The fourth-order valence-corrected chi connectivity index (χ4v) is 1.62. The number of hydrogen-bond acceptors (Lipinski definition) is 6. The van der Waals surface area contributed by atoms with E-state index in [1.807, 2.05) is 0 Å². The molecule has 16 heavy (non-hydrogen) atoms. The average molecular weight is 234 g/mol. The molecule has 0 radical (unpaired) electrons. The third kappa shape index (κ3) is 3.97. The van der Waals surface area contributed by atoms with Crippen LogP contribution in [0.4, 0.5) is 0 Å². The highest BCUT2D eigenvalue weighted by atomic mass is 16.5. The summed E-state index contributed by atoms with van der Waals surface area (Å²) in [4.78, 5) is 2.24. The molecule has 0 aromatic heterocycles. The molecule has 4 N–H and O–H groups in total. The van der Waals surface area contributed by atoms with Gasteiger partial charge in [-0.1, -0.05) is 0 Å². The van der Waals surface area contributed by atoms with Crippen LogP contribution >= 0.6 is 0 Å². The number of nitrogens with one attached hydrogen (secondary N) is 1. The van der Waals surface area contributed by atoms with Gasteiger partial charge in [-0.25, -0.2) is 0 Å². The lowest BCUT2D eigenvalue weighted by atomic mass is 10.0. The predicted molar refractivity (Wildman–Crippen MR) is 59.3 cm³/mol. The molecule has 0 amide bonds. The number of hydrogen-bond donors (Lipinski definition) is 4. The second-order valence-electron chi connectivity index (χ2n) is 4.14. The molecule has 1 aliphatic heterocycles. The maximum absolute atomic E-state index is 9.10. The molecule has 0 aromatic rings. The molecular formula is C10H22N2O4. The molecule has 0 atom stereocenters. The van der Waals surface area contributed by atoms with E-state index in [1.165, 1.54) is 0 Å². The van der Waals surface area contributed by atoms with Gasteiger partial charge >= 0.3 is 0 Å². The summed E-state index contributed by atoms with van der Waals surface area (Å²) in [5, 5.41) is 30.3. The number of nitrogens with zero attached hydrogens (tertiary/aromatic N) is 1. The topological polar surface area (TPSA) is 85.2 Å². The number of aliphatic hydroxyl groups excluding tert-OH is 3. The summed E-state index contributed by atoms with van der Waals surface area (Å²) in [6.45, 7) is 3.95. The van der Waals surface area contributed by atoms with Gasteiger partial charge in [-0.3, -0.25) is 4.90 Å². The van der Waals surface area contributed by atoms with Crippen LogP contribution in [0, 0.1) is 0 Å². The molecule has 0 aromatic carbocycles. The van der Waals surface area contributed by atoms with Gasteiger partial charge in [0.2, 0.25) is 0 Å². The van der Waals surface area contributed by atoms with Crippen molar-refractivity contribution in [3.05, 3.63) is 0 Å². The molecule has 0 saturated carbocycles. The quantitative estimate of drug-likeness (QED) is 0.394. The molecule has 1 rings (SSSR count). The molecule has 0 unspecified atom stereocenters. The maximum atomic E-state index is 9.10. The number of ether oxygens (including phenoxy) is 1. The zero-order valence-electron chi connectivity index (χ0n) is 9.56. The SMILES string of the molecule is OCC(CO)(CO)NCCN1CCOCC1. The van der Waals surface area contributed by atoms with Crippen molar-refractivity contribution in [2.24, 2.45) is 0 Å². The van der Waals surface area contributed by atoms with Crippen LogP contribution in [0.3, 0.4) is 0 Å². The number of morpholine rings is 1. The Bertz CT molecular complexity index is 173. The summed E-state index contributed by atoms with van der Waals surface area (Å²) >= 11 is 0. The van der Waals surface area contributed by atoms with Crippen LogP contribution in [0.15, 0.2) is 0 Å². The van der Waals surface area contributed by atoms with Gasteiger partial charge in [0.05, 0.1) is 38.6 Å². The van der Waals surface area contributed by atoms with Crippen molar-refractivity contribution in [2.75, 3.05) is 59.2 Å². The fraction of sp³-hybridized carbons (Fsp3) is 1.00. The van der Waals surface area contributed by atoms with Crippen LogP contribution in [0.5, 0.6) is 0 Å². The van der Waals surface area contributed by atoms with Gasteiger partial charge in [-0.05, 0) is 0 Å². The van der Waals surface area contributed by atoms with E-state index in [0.29, 0.717) is 6.54 Å². The molecule has 1 fully saturated rings. The monoisotopic (exact) mass is 234 g/mol. The smallest absolute Gasteiger partial charge is 0.0882 e. The Morgan fingerprint density at radius 3 is 2.12 bits per heavy atom. The number of aliphatic hydroxyl groups is 3. The lowest BCUT2D eigenvalue weighted by Gasteiger charge is -2.31. The highest BCUT2D eigenvalue weighted by molar-refractivity contribution is 4.86. The Morgan fingerprint density at radius 1 is 1.06 bits per heavy atom.